The highest BCUT2D eigenvalue weighted by molar-refractivity contribution is 6.85. The smallest absolute Gasteiger partial charge is 0.0629 e. The molecular weight excluding hydrogens is 196 g/mol. The van der Waals surface area contributed by atoms with Crippen molar-refractivity contribution < 1.29 is 0 Å². The summed E-state index contributed by atoms with van der Waals surface area (Å²) >= 11 is 0. The second-order valence-corrected chi connectivity index (χ2v) is 6.68. The molecule has 0 N–H and O–H groups in total. The fraction of sp³-hybridized carbons (Fsp3) is 0.0714. The summed E-state index contributed by atoms with van der Waals surface area (Å²) in [7, 11) is -1.04. The molecule has 0 amide bonds. The number of rotatable bonds is 3. The van der Waals surface area contributed by atoms with Crippen LogP contribution in [0.4, 0.5) is 0 Å². The van der Waals surface area contributed by atoms with Gasteiger partial charge in [0.15, 0.2) is 0 Å². The summed E-state index contributed by atoms with van der Waals surface area (Å²) in [5.41, 5.74) is 0. The minimum atomic E-state index is -1.04. The van der Waals surface area contributed by atoms with E-state index in [1.807, 2.05) is 0 Å². The van der Waals surface area contributed by atoms with E-state index in [9.17, 15) is 0 Å². The summed E-state index contributed by atoms with van der Waals surface area (Å²) in [6, 6.07) is 22.6. The van der Waals surface area contributed by atoms with E-state index in [1.54, 1.807) is 0 Å². The average molecular weight is 211 g/mol. The molecule has 2 rings (SSSR count). The normalized spacial score (nSPS) is 10.5. The van der Waals surface area contributed by atoms with E-state index in [0.717, 1.165) is 6.04 Å². The van der Waals surface area contributed by atoms with Gasteiger partial charge in [-0.1, -0.05) is 84.0 Å². The van der Waals surface area contributed by atoms with Gasteiger partial charge in [-0.25, -0.2) is 0 Å². The Balaban J connectivity index is 2.34. The van der Waals surface area contributed by atoms with Gasteiger partial charge in [-0.05, 0) is 0 Å². The zero-order valence-electron chi connectivity index (χ0n) is 8.77. The van der Waals surface area contributed by atoms with Crippen molar-refractivity contribution in [3.63, 3.8) is 0 Å². The third-order valence-electron chi connectivity index (χ3n) is 2.69. The SMILES string of the molecule is [CH2]C[SiH](c1ccccc1)c1ccccc1. The quantitative estimate of drug-likeness (QED) is 0.680. The van der Waals surface area contributed by atoms with Crippen LogP contribution in [-0.2, 0) is 0 Å². The lowest BCUT2D eigenvalue weighted by atomic mass is 10.4. The van der Waals surface area contributed by atoms with Gasteiger partial charge in [-0.3, -0.25) is 0 Å². The van der Waals surface area contributed by atoms with Crippen molar-refractivity contribution in [2.45, 2.75) is 6.04 Å². The molecule has 0 aromatic heterocycles. The van der Waals surface area contributed by atoms with Crippen LogP contribution in [-0.4, -0.2) is 8.80 Å². The lowest BCUT2D eigenvalue weighted by Gasteiger charge is -2.13. The van der Waals surface area contributed by atoms with Gasteiger partial charge in [0.25, 0.3) is 0 Å². The number of benzene rings is 2. The predicted molar refractivity (Wildman–Crippen MR) is 69.5 cm³/mol. The third kappa shape index (κ3) is 2.36. The molecule has 0 unspecified atom stereocenters. The Hall–Kier alpha value is -1.34. The van der Waals surface area contributed by atoms with E-state index in [-0.39, 0.29) is 0 Å². The average Bonchev–Trinajstić information content (AvgIpc) is 2.33. The Morgan fingerprint density at radius 3 is 1.47 bits per heavy atom. The largest absolute Gasteiger partial charge is 0.103 e. The summed E-state index contributed by atoms with van der Waals surface area (Å²) in [6.07, 6.45) is 0. The molecule has 75 valence electrons. The van der Waals surface area contributed by atoms with E-state index in [1.165, 1.54) is 10.4 Å². The van der Waals surface area contributed by atoms with Gasteiger partial charge < -0.3 is 0 Å². The van der Waals surface area contributed by atoms with E-state index < -0.39 is 8.80 Å². The first-order valence-electron chi connectivity index (χ1n) is 5.31. The first-order chi connectivity index (χ1) is 7.42. The summed E-state index contributed by atoms with van der Waals surface area (Å²) in [5, 5.41) is 2.97. The topological polar surface area (TPSA) is 0 Å². The summed E-state index contributed by atoms with van der Waals surface area (Å²) in [4.78, 5) is 0. The van der Waals surface area contributed by atoms with Crippen LogP contribution in [0.1, 0.15) is 0 Å². The molecule has 2 aromatic carbocycles. The Kier molecular flexibility index (Phi) is 3.35. The highest BCUT2D eigenvalue weighted by Crippen LogP contribution is 1.96. The van der Waals surface area contributed by atoms with Gasteiger partial charge in [0.2, 0.25) is 0 Å². The van der Waals surface area contributed by atoms with Gasteiger partial charge in [-0.2, -0.15) is 0 Å². The second-order valence-electron chi connectivity index (χ2n) is 3.66. The Morgan fingerprint density at radius 1 is 0.733 bits per heavy atom. The molecule has 1 radical (unpaired) electrons. The van der Waals surface area contributed by atoms with Crippen LogP contribution >= 0.6 is 0 Å². The molecule has 0 atom stereocenters. The number of hydrogen-bond acceptors (Lipinski definition) is 0. The van der Waals surface area contributed by atoms with Crippen molar-refractivity contribution in [2.75, 3.05) is 0 Å². The Labute approximate surface area is 93.2 Å². The van der Waals surface area contributed by atoms with Crippen molar-refractivity contribution in [1.29, 1.82) is 0 Å². The van der Waals surface area contributed by atoms with Crippen LogP contribution in [0.15, 0.2) is 60.7 Å². The molecule has 0 aliphatic heterocycles. The van der Waals surface area contributed by atoms with E-state index in [4.69, 9.17) is 0 Å². The molecule has 0 fully saturated rings. The van der Waals surface area contributed by atoms with Gasteiger partial charge in [0.1, 0.15) is 8.80 Å². The fourth-order valence-electron chi connectivity index (χ4n) is 1.90. The van der Waals surface area contributed by atoms with Crippen LogP contribution in [0.25, 0.3) is 0 Å². The van der Waals surface area contributed by atoms with Crippen LogP contribution in [0.2, 0.25) is 6.04 Å². The van der Waals surface area contributed by atoms with Crippen molar-refractivity contribution in [1.82, 2.24) is 0 Å². The monoisotopic (exact) mass is 211 g/mol. The molecule has 0 heterocycles. The lowest BCUT2D eigenvalue weighted by molar-refractivity contribution is 1.63. The van der Waals surface area contributed by atoms with Gasteiger partial charge in [-0.15, -0.1) is 0 Å². The molecule has 0 spiro atoms. The maximum Gasteiger partial charge on any atom is 0.103 e. The molecule has 0 saturated carbocycles. The first kappa shape index (κ1) is 10.2. The first-order valence-corrected chi connectivity index (χ1v) is 7.28. The Morgan fingerprint density at radius 2 is 1.13 bits per heavy atom. The van der Waals surface area contributed by atoms with E-state index in [2.05, 4.69) is 67.6 Å². The molecule has 1 heteroatoms. The van der Waals surface area contributed by atoms with Gasteiger partial charge in [0.05, 0.1) is 0 Å². The van der Waals surface area contributed by atoms with Gasteiger partial charge >= 0.3 is 0 Å². The fourth-order valence-corrected chi connectivity index (χ4v) is 4.32. The molecule has 0 saturated heterocycles. The molecule has 0 aliphatic rings. The van der Waals surface area contributed by atoms with Gasteiger partial charge in [0, 0.05) is 0 Å². The summed E-state index contributed by atoms with van der Waals surface area (Å²) in [6.45, 7) is 4.10. The second kappa shape index (κ2) is 4.94. The summed E-state index contributed by atoms with van der Waals surface area (Å²) < 4.78 is 0. The molecule has 0 bridgehead atoms. The maximum atomic E-state index is 4.10. The van der Waals surface area contributed by atoms with Crippen molar-refractivity contribution in [3.05, 3.63) is 67.6 Å². The van der Waals surface area contributed by atoms with Crippen molar-refractivity contribution in [2.24, 2.45) is 0 Å². The van der Waals surface area contributed by atoms with Crippen LogP contribution < -0.4 is 10.4 Å². The van der Waals surface area contributed by atoms with Crippen molar-refractivity contribution >= 4 is 19.2 Å². The Bertz CT molecular complexity index is 355. The highest BCUT2D eigenvalue weighted by atomic mass is 28.3. The third-order valence-corrected chi connectivity index (χ3v) is 5.65. The predicted octanol–water partition coefficient (Wildman–Crippen LogP) is 1.86. The van der Waals surface area contributed by atoms with E-state index >= 15 is 0 Å². The zero-order chi connectivity index (χ0) is 10.5. The lowest BCUT2D eigenvalue weighted by Crippen LogP contribution is -2.41. The molecular formula is C14H15Si. The molecule has 0 aliphatic carbocycles. The minimum absolute atomic E-state index is 1.04. The minimum Gasteiger partial charge on any atom is -0.0629 e. The molecule has 15 heavy (non-hydrogen) atoms. The van der Waals surface area contributed by atoms with E-state index in [0.29, 0.717) is 0 Å². The molecule has 0 nitrogen and oxygen atoms in total. The van der Waals surface area contributed by atoms with Crippen molar-refractivity contribution in [3.8, 4) is 0 Å². The van der Waals surface area contributed by atoms with Crippen LogP contribution in [0.5, 0.6) is 0 Å². The molecule has 2 aromatic rings. The van der Waals surface area contributed by atoms with Crippen LogP contribution in [0, 0.1) is 6.92 Å². The highest BCUT2D eigenvalue weighted by Gasteiger charge is 2.12. The van der Waals surface area contributed by atoms with Crippen LogP contribution in [0.3, 0.4) is 0 Å². The number of hydrogen-bond donors (Lipinski definition) is 0. The summed E-state index contributed by atoms with van der Waals surface area (Å²) in [5.74, 6) is 0. The maximum absolute atomic E-state index is 4.10. The zero-order valence-corrected chi connectivity index (χ0v) is 9.92. The standard InChI is InChI=1S/C14H15Si/c1-2-15(13-9-5-3-6-10-13)14-11-7-4-8-12-14/h3-12,15H,1-2H2.